The van der Waals surface area contributed by atoms with Gasteiger partial charge in [-0.2, -0.15) is 10.5 Å². The van der Waals surface area contributed by atoms with Crippen LogP contribution in [0.1, 0.15) is 22.4 Å². The molecule has 0 aliphatic heterocycles. The molecule has 2 unspecified atom stereocenters. The Morgan fingerprint density at radius 2 is 0.464 bits per heavy atom. The Morgan fingerprint density at radius 1 is 0.268 bits per heavy atom. The summed E-state index contributed by atoms with van der Waals surface area (Å²) < 4.78 is 0. The number of hydrogen-bond donors (Lipinski definition) is 0. The number of benzene rings is 8. The number of nitriles is 2. The highest BCUT2D eigenvalue weighted by molar-refractivity contribution is 7.96. The van der Waals surface area contributed by atoms with Crippen molar-refractivity contribution < 1.29 is 0 Å². The second-order valence-corrected chi connectivity index (χ2v) is 20.8. The first kappa shape index (κ1) is 36.6. The molecule has 56 heavy (non-hydrogen) atoms. The first-order valence-electron chi connectivity index (χ1n) is 18.8. The van der Waals surface area contributed by atoms with Gasteiger partial charge in [0.1, 0.15) is 58.5 Å². The van der Waals surface area contributed by atoms with Crippen LogP contribution in [0.3, 0.4) is 0 Å². The topological polar surface area (TPSA) is 47.6 Å². The van der Waals surface area contributed by atoms with E-state index in [1.165, 1.54) is 31.8 Å². The van der Waals surface area contributed by atoms with Gasteiger partial charge in [-0.15, -0.1) is 0 Å². The molecule has 0 aliphatic rings. The average molecular weight is 755 g/mol. The van der Waals surface area contributed by atoms with Crippen LogP contribution >= 0.6 is 14.5 Å². The number of rotatable bonds is 11. The molecule has 8 aromatic rings. The summed E-state index contributed by atoms with van der Waals surface area (Å²) in [5, 5.41) is 29.4. The normalized spacial score (nSPS) is 12.5. The third-order valence-electron chi connectivity index (χ3n) is 10.8. The van der Waals surface area contributed by atoms with E-state index < -0.39 is 25.8 Å². The Labute approximate surface area is 331 Å². The zero-order chi connectivity index (χ0) is 38.2. The van der Waals surface area contributed by atoms with Crippen LogP contribution < -0.4 is 31.8 Å². The smallest absolute Gasteiger partial charge is 0.193 e. The molecule has 2 atom stereocenters. The quantitative estimate of drug-likeness (QED) is 0.124. The highest BCUT2D eigenvalue weighted by atomic mass is 31.2. The van der Waals surface area contributed by atoms with Gasteiger partial charge in [0, 0.05) is 11.1 Å². The van der Waals surface area contributed by atoms with Crippen LogP contribution in [0, 0.1) is 22.7 Å². The maximum absolute atomic E-state index is 11.2. The van der Waals surface area contributed by atoms with E-state index in [0.717, 1.165) is 22.3 Å². The van der Waals surface area contributed by atoms with Crippen LogP contribution in [-0.4, -0.2) is 0 Å². The summed E-state index contributed by atoms with van der Waals surface area (Å²) in [4.78, 5) is 0. The van der Waals surface area contributed by atoms with Crippen molar-refractivity contribution in [3.8, 4) is 23.3 Å². The summed E-state index contributed by atoms with van der Waals surface area (Å²) in [6.45, 7) is 0. The molecule has 0 heterocycles. The van der Waals surface area contributed by atoms with Crippen molar-refractivity contribution >= 4 is 46.4 Å². The molecule has 0 saturated carbocycles. The van der Waals surface area contributed by atoms with E-state index in [0.29, 0.717) is 0 Å². The van der Waals surface area contributed by atoms with E-state index >= 15 is 0 Å². The molecule has 0 spiro atoms. The van der Waals surface area contributed by atoms with Crippen molar-refractivity contribution in [1.82, 2.24) is 0 Å². The van der Waals surface area contributed by atoms with Crippen LogP contribution in [0.2, 0.25) is 0 Å². The molecule has 0 fully saturated rings. The largest absolute Gasteiger partial charge is 0.193 e. The highest BCUT2D eigenvalue weighted by Gasteiger charge is 2.55. The fraction of sp³-hybridized carbons (Fsp3) is 0.0385. The molecule has 0 aliphatic carbocycles. The fourth-order valence-electron chi connectivity index (χ4n) is 8.25. The summed E-state index contributed by atoms with van der Waals surface area (Å²) in [6, 6.07) is 86.2. The molecule has 0 saturated heterocycles. The van der Waals surface area contributed by atoms with Gasteiger partial charge in [0.2, 0.25) is 0 Å². The lowest BCUT2D eigenvalue weighted by Gasteiger charge is -2.31. The van der Waals surface area contributed by atoms with Gasteiger partial charge in [0.15, 0.2) is 11.3 Å². The fourth-order valence-corrected chi connectivity index (χ4v) is 17.3. The first-order valence-corrected chi connectivity index (χ1v) is 22.5. The summed E-state index contributed by atoms with van der Waals surface area (Å²) >= 11 is 0. The van der Waals surface area contributed by atoms with Crippen LogP contribution in [0.25, 0.3) is 11.1 Å². The van der Waals surface area contributed by atoms with Crippen molar-refractivity contribution in [2.45, 2.75) is 11.3 Å². The lowest BCUT2D eigenvalue weighted by molar-refractivity contribution is 1.20. The van der Waals surface area contributed by atoms with Gasteiger partial charge >= 0.3 is 0 Å². The van der Waals surface area contributed by atoms with Gasteiger partial charge in [-0.3, -0.25) is 0 Å². The van der Waals surface area contributed by atoms with Crippen molar-refractivity contribution in [1.29, 1.82) is 10.5 Å². The van der Waals surface area contributed by atoms with E-state index in [-0.39, 0.29) is 0 Å². The number of nitrogens with zero attached hydrogens (tertiary/aromatic N) is 2. The van der Waals surface area contributed by atoms with Crippen molar-refractivity contribution in [3.63, 3.8) is 0 Å². The molecule has 0 N–H and O–H groups in total. The predicted octanol–water partition coefficient (Wildman–Crippen LogP) is 10.5. The van der Waals surface area contributed by atoms with Crippen LogP contribution in [0.15, 0.2) is 231 Å². The second kappa shape index (κ2) is 16.5. The summed E-state index contributed by atoms with van der Waals surface area (Å²) in [7, 11) is -4.95. The van der Waals surface area contributed by atoms with Gasteiger partial charge in [0.05, 0.1) is 0 Å². The zero-order valence-electron chi connectivity index (χ0n) is 30.9. The Balaban J connectivity index is 1.20. The third kappa shape index (κ3) is 6.55. The Bertz CT molecular complexity index is 2190. The van der Waals surface area contributed by atoms with E-state index in [1.807, 2.05) is 36.4 Å². The lowest BCUT2D eigenvalue weighted by atomic mass is 10.0. The van der Waals surface area contributed by atoms with Crippen LogP contribution in [-0.2, 0) is 0 Å². The molecule has 266 valence electrons. The monoisotopic (exact) mass is 754 g/mol. The van der Waals surface area contributed by atoms with Gasteiger partial charge < -0.3 is 0 Å². The molecule has 0 amide bonds. The SMILES string of the molecule is N#CC(c1ccc(-c2ccc(C(C#N)[P+](c3ccccc3)(c3ccccc3)c3ccccc3)cc2)cc1)[P+](c1ccccc1)(c1ccccc1)c1ccccc1. The van der Waals surface area contributed by atoms with E-state index in [1.54, 1.807) is 0 Å². The molecule has 2 nitrogen and oxygen atoms in total. The van der Waals surface area contributed by atoms with Gasteiger partial charge in [-0.1, -0.05) is 158 Å². The Hall–Kier alpha value is -6.40. The van der Waals surface area contributed by atoms with E-state index in [9.17, 15) is 10.5 Å². The number of hydrogen-bond acceptors (Lipinski definition) is 2. The standard InChI is InChI=1S/C52H40N2P2/c53-39-51(55(45-19-7-1-8-20-45,46-21-9-2-10-22-46)47-23-11-3-12-24-47)43-35-31-41(32-36-43)42-33-37-44(38-34-42)52(40-54)56(48-25-13-4-14-26-48,49-27-15-5-16-28-49)50-29-17-6-18-30-50/h1-38,51-52H/q+2. The lowest BCUT2D eigenvalue weighted by Crippen LogP contribution is -2.34. The van der Waals surface area contributed by atoms with Crippen molar-refractivity contribution in [3.05, 3.63) is 242 Å². The summed E-state index contributed by atoms with van der Waals surface area (Å²) in [6.07, 6.45) is 0. The second-order valence-electron chi connectivity index (χ2n) is 13.8. The highest BCUT2D eigenvalue weighted by Crippen LogP contribution is 2.67. The van der Waals surface area contributed by atoms with Gasteiger partial charge in [-0.25, -0.2) is 0 Å². The molecule has 8 aromatic carbocycles. The molecule has 0 bridgehead atoms. The van der Waals surface area contributed by atoms with E-state index in [4.69, 9.17) is 0 Å². The minimum Gasteiger partial charge on any atom is -0.193 e. The molecule has 0 aromatic heterocycles. The molecule has 8 rings (SSSR count). The average Bonchev–Trinajstić information content (AvgIpc) is 3.29. The zero-order valence-corrected chi connectivity index (χ0v) is 32.7. The van der Waals surface area contributed by atoms with Crippen LogP contribution in [0.5, 0.6) is 0 Å². The van der Waals surface area contributed by atoms with Gasteiger partial charge in [0.25, 0.3) is 0 Å². The molecule has 4 heteroatoms. The molecular weight excluding hydrogens is 715 g/mol. The Morgan fingerprint density at radius 3 is 0.643 bits per heavy atom. The van der Waals surface area contributed by atoms with Crippen molar-refractivity contribution in [2.24, 2.45) is 0 Å². The predicted molar refractivity (Wildman–Crippen MR) is 239 cm³/mol. The maximum Gasteiger partial charge on any atom is 0.193 e. The van der Waals surface area contributed by atoms with Gasteiger partial charge in [-0.05, 0) is 83.9 Å². The van der Waals surface area contributed by atoms with E-state index in [2.05, 4.69) is 206 Å². The Kier molecular flexibility index (Phi) is 10.8. The minimum atomic E-state index is -2.47. The maximum atomic E-state index is 11.2. The van der Waals surface area contributed by atoms with Crippen LogP contribution in [0.4, 0.5) is 0 Å². The summed E-state index contributed by atoms with van der Waals surface area (Å²) in [5.41, 5.74) is 3.28. The minimum absolute atomic E-state index is 0.409. The molecule has 0 radical (unpaired) electrons. The third-order valence-corrected chi connectivity index (χ3v) is 19.8. The van der Waals surface area contributed by atoms with Crippen molar-refractivity contribution in [2.75, 3.05) is 0 Å². The first-order chi connectivity index (χ1) is 27.7. The summed E-state index contributed by atoms with van der Waals surface area (Å²) in [5.74, 6) is 0. The molecular formula is C52H40N2P2+2.